The zero-order chi connectivity index (χ0) is 21.5. The van der Waals surface area contributed by atoms with Crippen molar-refractivity contribution in [3.8, 4) is 28.5 Å². The average Bonchev–Trinajstić information content (AvgIpc) is 3.35. The standard InChI is InChI=1S/C22H17ClN6OS/c1-28-17-8-4-7-16(19(17)25-22(28)30)21-26-20(13-9-10-24-18(23)11-13)27-29(21)14-5-3-6-15(12-14)31-2/h3-12H,1-2H3,(H,25,30). The summed E-state index contributed by atoms with van der Waals surface area (Å²) in [5.41, 5.74) is 3.74. The number of nitrogens with one attached hydrogen (secondary N) is 1. The minimum Gasteiger partial charge on any atom is -0.305 e. The van der Waals surface area contributed by atoms with Gasteiger partial charge in [0.25, 0.3) is 0 Å². The summed E-state index contributed by atoms with van der Waals surface area (Å²) in [4.78, 5) is 25.2. The van der Waals surface area contributed by atoms with Crippen molar-refractivity contribution in [3.05, 3.63) is 76.4 Å². The highest BCUT2D eigenvalue weighted by Crippen LogP contribution is 2.30. The van der Waals surface area contributed by atoms with E-state index in [1.54, 1.807) is 40.3 Å². The Hall–Kier alpha value is -3.36. The van der Waals surface area contributed by atoms with Crippen LogP contribution in [-0.4, -0.2) is 35.6 Å². The number of hydrogen-bond donors (Lipinski definition) is 1. The summed E-state index contributed by atoms with van der Waals surface area (Å²) in [6, 6.07) is 17.4. The Labute approximate surface area is 186 Å². The summed E-state index contributed by atoms with van der Waals surface area (Å²) in [6.07, 6.45) is 3.66. The molecule has 3 aromatic heterocycles. The number of halogens is 1. The third-order valence-corrected chi connectivity index (χ3v) is 6.00. The van der Waals surface area contributed by atoms with Crippen molar-refractivity contribution in [1.29, 1.82) is 0 Å². The van der Waals surface area contributed by atoms with Crippen molar-refractivity contribution in [2.75, 3.05) is 6.26 Å². The van der Waals surface area contributed by atoms with Crippen molar-refractivity contribution in [2.24, 2.45) is 7.05 Å². The van der Waals surface area contributed by atoms with Crippen LogP contribution < -0.4 is 5.69 Å². The first-order valence-corrected chi connectivity index (χ1v) is 11.1. The number of nitrogens with zero attached hydrogens (tertiary/aromatic N) is 5. The second kappa shape index (κ2) is 7.72. The Balaban J connectivity index is 1.80. The molecule has 0 unspecified atom stereocenters. The molecular weight excluding hydrogens is 432 g/mol. The molecule has 7 nitrogen and oxygen atoms in total. The minimum absolute atomic E-state index is 0.181. The van der Waals surface area contributed by atoms with Gasteiger partial charge in [-0.2, -0.15) is 0 Å². The lowest BCUT2D eigenvalue weighted by molar-refractivity contribution is 0.887. The van der Waals surface area contributed by atoms with E-state index in [4.69, 9.17) is 21.7 Å². The van der Waals surface area contributed by atoms with Gasteiger partial charge in [0, 0.05) is 29.3 Å². The highest BCUT2D eigenvalue weighted by Gasteiger charge is 2.19. The van der Waals surface area contributed by atoms with Crippen molar-refractivity contribution < 1.29 is 0 Å². The summed E-state index contributed by atoms with van der Waals surface area (Å²) in [7, 11) is 1.74. The van der Waals surface area contributed by atoms with Crippen LogP contribution in [0.25, 0.3) is 39.5 Å². The van der Waals surface area contributed by atoms with Crippen LogP contribution in [0.4, 0.5) is 0 Å². The highest BCUT2D eigenvalue weighted by atomic mass is 35.5. The SMILES string of the molecule is CSc1cccc(-n2nc(-c3ccnc(Cl)c3)nc2-c2cccc3c2[nH]c(=O)n3C)c1. The number of fused-ring (bicyclic) bond motifs is 1. The first-order chi connectivity index (χ1) is 15.0. The second-order valence-corrected chi connectivity index (χ2v) is 8.20. The van der Waals surface area contributed by atoms with Gasteiger partial charge >= 0.3 is 5.69 Å². The number of rotatable bonds is 4. The molecule has 5 rings (SSSR count). The maximum atomic E-state index is 12.3. The van der Waals surface area contributed by atoms with E-state index in [0.29, 0.717) is 22.3 Å². The van der Waals surface area contributed by atoms with Gasteiger partial charge in [0.05, 0.1) is 16.7 Å². The van der Waals surface area contributed by atoms with Gasteiger partial charge < -0.3 is 4.98 Å². The van der Waals surface area contributed by atoms with Gasteiger partial charge in [-0.3, -0.25) is 4.57 Å². The molecule has 154 valence electrons. The van der Waals surface area contributed by atoms with Gasteiger partial charge in [-0.25, -0.2) is 19.4 Å². The molecule has 0 aliphatic rings. The largest absolute Gasteiger partial charge is 0.326 e. The molecule has 0 amide bonds. The first-order valence-electron chi connectivity index (χ1n) is 9.46. The predicted molar refractivity (Wildman–Crippen MR) is 124 cm³/mol. The van der Waals surface area contributed by atoms with Gasteiger partial charge in [-0.05, 0) is 48.7 Å². The predicted octanol–water partition coefficient (Wildman–Crippen LogP) is 4.55. The molecule has 31 heavy (non-hydrogen) atoms. The Bertz CT molecular complexity index is 1490. The van der Waals surface area contributed by atoms with E-state index in [-0.39, 0.29) is 5.69 Å². The number of aromatic amines is 1. The fourth-order valence-corrected chi connectivity index (χ4v) is 4.14. The molecule has 0 aliphatic heterocycles. The lowest BCUT2D eigenvalue weighted by Crippen LogP contribution is -2.11. The lowest BCUT2D eigenvalue weighted by Gasteiger charge is -2.08. The number of imidazole rings is 1. The molecule has 0 spiro atoms. The van der Waals surface area contributed by atoms with Crippen LogP contribution in [0.3, 0.4) is 0 Å². The van der Waals surface area contributed by atoms with E-state index >= 15 is 0 Å². The number of hydrogen-bond acceptors (Lipinski definition) is 5. The number of pyridine rings is 1. The zero-order valence-corrected chi connectivity index (χ0v) is 18.3. The van der Waals surface area contributed by atoms with Crippen LogP contribution in [-0.2, 0) is 7.05 Å². The van der Waals surface area contributed by atoms with E-state index in [1.807, 2.05) is 48.7 Å². The first kappa shape index (κ1) is 19.6. The van der Waals surface area contributed by atoms with Gasteiger partial charge in [-0.1, -0.05) is 23.7 Å². The quantitative estimate of drug-likeness (QED) is 0.322. The molecule has 0 atom stereocenters. The molecule has 1 N–H and O–H groups in total. The molecule has 0 aliphatic carbocycles. The number of aromatic nitrogens is 6. The fraction of sp³-hybridized carbons (Fsp3) is 0.0909. The summed E-state index contributed by atoms with van der Waals surface area (Å²) < 4.78 is 3.38. The van der Waals surface area contributed by atoms with E-state index in [9.17, 15) is 4.79 Å². The number of thioether (sulfide) groups is 1. The summed E-state index contributed by atoms with van der Waals surface area (Å²) >= 11 is 7.75. The number of benzene rings is 2. The molecule has 0 saturated heterocycles. The molecular formula is C22H17ClN6OS. The number of para-hydroxylation sites is 1. The lowest BCUT2D eigenvalue weighted by atomic mass is 10.1. The Morgan fingerprint density at radius 2 is 1.94 bits per heavy atom. The molecule has 5 aromatic rings. The fourth-order valence-electron chi connectivity index (χ4n) is 3.51. The molecule has 0 saturated carbocycles. The van der Waals surface area contributed by atoms with Crippen molar-refractivity contribution >= 4 is 34.4 Å². The molecule has 0 fully saturated rings. The van der Waals surface area contributed by atoms with Crippen molar-refractivity contribution in [2.45, 2.75) is 4.90 Å². The van der Waals surface area contributed by atoms with E-state index in [0.717, 1.165) is 27.2 Å². The molecule has 0 bridgehead atoms. The maximum absolute atomic E-state index is 12.3. The van der Waals surface area contributed by atoms with Gasteiger partial charge in [0.15, 0.2) is 11.6 Å². The van der Waals surface area contributed by atoms with Crippen LogP contribution in [0.5, 0.6) is 0 Å². The van der Waals surface area contributed by atoms with Crippen LogP contribution in [0.15, 0.2) is 70.5 Å². The van der Waals surface area contributed by atoms with E-state index in [1.165, 1.54) is 0 Å². The second-order valence-electron chi connectivity index (χ2n) is 6.93. The monoisotopic (exact) mass is 448 g/mol. The minimum atomic E-state index is -0.181. The van der Waals surface area contributed by atoms with Crippen LogP contribution in [0, 0.1) is 0 Å². The number of H-pyrrole nitrogens is 1. The normalized spacial score (nSPS) is 11.3. The molecule has 3 heterocycles. The summed E-state index contributed by atoms with van der Waals surface area (Å²) in [5, 5.41) is 5.16. The summed E-state index contributed by atoms with van der Waals surface area (Å²) in [6.45, 7) is 0. The highest BCUT2D eigenvalue weighted by molar-refractivity contribution is 7.98. The average molecular weight is 449 g/mol. The molecule has 9 heteroatoms. The smallest absolute Gasteiger partial charge is 0.305 e. The van der Waals surface area contributed by atoms with Gasteiger partial charge in [0.2, 0.25) is 0 Å². The molecule has 0 radical (unpaired) electrons. The van der Waals surface area contributed by atoms with Crippen molar-refractivity contribution in [3.63, 3.8) is 0 Å². The van der Waals surface area contributed by atoms with Gasteiger partial charge in [0.1, 0.15) is 5.15 Å². The van der Waals surface area contributed by atoms with Crippen molar-refractivity contribution in [1.82, 2.24) is 29.3 Å². The molecule has 2 aromatic carbocycles. The topological polar surface area (TPSA) is 81.4 Å². The maximum Gasteiger partial charge on any atom is 0.326 e. The van der Waals surface area contributed by atoms with E-state index < -0.39 is 0 Å². The Morgan fingerprint density at radius 3 is 2.74 bits per heavy atom. The zero-order valence-electron chi connectivity index (χ0n) is 16.7. The van der Waals surface area contributed by atoms with Crippen LogP contribution >= 0.6 is 23.4 Å². The third kappa shape index (κ3) is 3.43. The Kier molecular flexibility index (Phi) is 4.88. The summed E-state index contributed by atoms with van der Waals surface area (Å²) in [5.74, 6) is 1.14. The van der Waals surface area contributed by atoms with E-state index in [2.05, 4.69) is 16.0 Å². The Morgan fingerprint density at radius 1 is 1.10 bits per heavy atom. The number of aryl methyl sites for hydroxylation is 1. The van der Waals surface area contributed by atoms with Gasteiger partial charge in [-0.15, -0.1) is 16.9 Å². The third-order valence-electron chi connectivity index (χ3n) is 5.07. The van der Waals surface area contributed by atoms with Crippen LogP contribution in [0.1, 0.15) is 0 Å². The van der Waals surface area contributed by atoms with Crippen LogP contribution in [0.2, 0.25) is 5.15 Å².